The molecule has 0 atom stereocenters. The molecule has 5 nitrogen and oxygen atoms in total. The number of carbonyl (C=O) groups excluding carboxylic acids is 1. The van der Waals surface area contributed by atoms with Gasteiger partial charge in [-0.05, 0) is 12.0 Å². The highest BCUT2D eigenvalue weighted by atomic mass is 16.4. The lowest BCUT2D eigenvalue weighted by Gasteiger charge is -2.29. The fourth-order valence-electron chi connectivity index (χ4n) is 2.33. The van der Waals surface area contributed by atoms with E-state index in [1.165, 1.54) is 12.3 Å². The normalized spacial score (nSPS) is 14.4. The third-order valence-electron chi connectivity index (χ3n) is 3.28. The predicted molar refractivity (Wildman–Crippen MR) is 69.8 cm³/mol. The Morgan fingerprint density at radius 2 is 2.21 bits per heavy atom. The largest absolute Gasteiger partial charge is 0.478 e. The Labute approximate surface area is 112 Å². The lowest BCUT2D eigenvalue weighted by Crippen LogP contribution is -2.37. The van der Waals surface area contributed by atoms with Gasteiger partial charge in [-0.3, -0.25) is 9.78 Å². The first-order valence-electron chi connectivity index (χ1n) is 6.47. The SMILES string of the molecule is CC(C)CC(=O)N1CCc2nccc(C(=O)O)c2C1. The zero-order chi connectivity index (χ0) is 14.0. The van der Waals surface area contributed by atoms with Gasteiger partial charge in [-0.25, -0.2) is 4.79 Å². The van der Waals surface area contributed by atoms with Gasteiger partial charge in [0.2, 0.25) is 5.91 Å². The zero-order valence-electron chi connectivity index (χ0n) is 11.2. The first-order chi connectivity index (χ1) is 8.99. The molecule has 1 aromatic rings. The Balaban J connectivity index is 2.23. The van der Waals surface area contributed by atoms with E-state index in [2.05, 4.69) is 4.98 Å². The molecular weight excluding hydrogens is 244 g/mol. The fraction of sp³-hybridized carbons (Fsp3) is 0.500. The van der Waals surface area contributed by atoms with Gasteiger partial charge in [-0.15, -0.1) is 0 Å². The fourth-order valence-corrected chi connectivity index (χ4v) is 2.33. The molecule has 19 heavy (non-hydrogen) atoms. The van der Waals surface area contributed by atoms with Crippen molar-refractivity contribution in [3.63, 3.8) is 0 Å². The van der Waals surface area contributed by atoms with E-state index in [1.54, 1.807) is 4.90 Å². The van der Waals surface area contributed by atoms with Crippen molar-refractivity contribution in [3.8, 4) is 0 Å². The van der Waals surface area contributed by atoms with Gasteiger partial charge >= 0.3 is 5.97 Å². The van der Waals surface area contributed by atoms with Crippen LogP contribution in [0.4, 0.5) is 0 Å². The number of amides is 1. The van der Waals surface area contributed by atoms with Crippen LogP contribution < -0.4 is 0 Å². The van der Waals surface area contributed by atoms with E-state index in [0.717, 1.165) is 5.69 Å². The zero-order valence-corrected chi connectivity index (χ0v) is 11.2. The molecule has 5 heteroatoms. The lowest BCUT2D eigenvalue weighted by atomic mass is 9.99. The summed E-state index contributed by atoms with van der Waals surface area (Å²) < 4.78 is 0. The van der Waals surface area contributed by atoms with Gasteiger partial charge in [-0.1, -0.05) is 13.8 Å². The second kappa shape index (κ2) is 5.38. The molecule has 0 saturated carbocycles. The predicted octanol–water partition coefficient (Wildman–Crippen LogP) is 1.71. The summed E-state index contributed by atoms with van der Waals surface area (Å²) in [5.41, 5.74) is 1.74. The van der Waals surface area contributed by atoms with E-state index in [4.69, 9.17) is 0 Å². The molecule has 102 valence electrons. The molecular formula is C14H18N2O3. The quantitative estimate of drug-likeness (QED) is 0.900. The van der Waals surface area contributed by atoms with Crippen molar-refractivity contribution in [2.24, 2.45) is 5.92 Å². The third-order valence-corrected chi connectivity index (χ3v) is 3.28. The first kappa shape index (κ1) is 13.5. The monoisotopic (exact) mass is 262 g/mol. The number of aromatic carboxylic acids is 1. The number of rotatable bonds is 3. The van der Waals surface area contributed by atoms with Gasteiger partial charge in [0.1, 0.15) is 0 Å². The molecule has 1 aromatic heterocycles. The summed E-state index contributed by atoms with van der Waals surface area (Å²) in [4.78, 5) is 29.2. The van der Waals surface area contributed by atoms with Gasteiger partial charge in [0.15, 0.2) is 0 Å². The first-order valence-corrected chi connectivity index (χ1v) is 6.47. The topological polar surface area (TPSA) is 70.5 Å². The van der Waals surface area contributed by atoms with Crippen LogP contribution >= 0.6 is 0 Å². The minimum absolute atomic E-state index is 0.0841. The molecule has 0 spiro atoms. The van der Waals surface area contributed by atoms with Crippen molar-refractivity contribution >= 4 is 11.9 Å². The Morgan fingerprint density at radius 3 is 2.84 bits per heavy atom. The summed E-state index contributed by atoms with van der Waals surface area (Å²) >= 11 is 0. The molecule has 2 heterocycles. The molecule has 1 N–H and O–H groups in total. The second-order valence-corrected chi connectivity index (χ2v) is 5.25. The van der Waals surface area contributed by atoms with Crippen molar-refractivity contribution in [1.29, 1.82) is 0 Å². The summed E-state index contributed by atoms with van der Waals surface area (Å²) in [5.74, 6) is -0.570. The molecule has 0 aromatic carbocycles. The van der Waals surface area contributed by atoms with Gasteiger partial charge < -0.3 is 10.0 Å². The van der Waals surface area contributed by atoms with Crippen LogP contribution in [0.2, 0.25) is 0 Å². The van der Waals surface area contributed by atoms with E-state index in [-0.39, 0.29) is 11.5 Å². The van der Waals surface area contributed by atoms with E-state index >= 15 is 0 Å². The summed E-state index contributed by atoms with van der Waals surface area (Å²) in [6.07, 6.45) is 2.65. The molecule has 0 fully saturated rings. The molecule has 0 bridgehead atoms. The molecule has 0 saturated heterocycles. The highest BCUT2D eigenvalue weighted by Gasteiger charge is 2.25. The smallest absolute Gasteiger partial charge is 0.336 e. The van der Waals surface area contributed by atoms with Crippen molar-refractivity contribution in [2.75, 3.05) is 6.54 Å². The molecule has 0 aliphatic carbocycles. The number of hydrogen-bond donors (Lipinski definition) is 1. The highest BCUT2D eigenvalue weighted by Crippen LogP contribution is 2.22. The standard InChI is InChI=1S/C14H18N2O3/c1-9(2)7-13(17)16-6-4-12-11(8-16)10(14(18)19)3-5-15-12/h3,5,9H,4,6-8H2,1-2H3,(H,18,19). The third kappa shape index (κ3) is 2.92. The van der Waals surface area contributed by atoms with Crippen LogP contribution in [0.1, 0.15) is 41.9 Å². The van der Waals surface area contributed by atoms with E-state index in [9.17, 15) is 14.7 Å². The Hall–Kier alpha value is -1.91. The van der Waals surface area contributed by atoms with Crippen LogP contribution in [0, 0.1) is 5.92 Å². The van der Waals surface area contributed by atoms with E-state index in [0.29, 0.717) is 37.4 Å². The van der Waals surface area contributed by atoms with Crippen molar-refractivity contribution in [1.82, 2.24) is 9.88 Å². The van der Waals surface area contributed by atoms with Gasteiger partial charge in [0, 0.05) is 43.4 Å². The van der Waals surface area contributed by atoms with Crippen LogP contribution in [0.5, 0.6) is 0 Å². The number of carboxylic acid groups (broad SMARTS) is 1. The van der Waals surface area contributed by atoms with Crippen molar-refractivity contribution < 1.29 is 14.7 Å². The van der Waals surface area contributed by atoms with E-state index < -0.39 is 5.97 Å². The highest BCUT2D eigenvalue weighted by molar-refractivity contribution is 5.90. The van der Waals surface area contributed by atoms with Crippen molar-refractivity contribution in [3.05, 3.63) is 29.1 Å². The molecule has 1 aliphatic heterocycles. The van der Waals surface area contributed by atoms with Crippen LogP contribution in [0.3, 0.4) is 0 Å². The maximum absolute atomic E-state index is 12.1. The summed E-state index contributed by atoms with van der Waals surface area (Å²) in [6.45, 7) is 4.98. The van der Waals surface area contributed by atoms with Crippen LogP contribution in [-0.2, 0) is 17.8 Å². The number of carboxylic acids is 1. The van der Waals surface area contributed by atoms with Crippen molar-refractivity contribution in [2.45, 2.75) is 33.2 Å². The minimum Gasteiger partial charge on any atom is -0.478 e. The summed E-state index contributed by atoms with van der Waals surface area (Å²) in [5, 5.41) is 9.18. The molecule has 2 rings (SSSR count). The Bertz CT molecular complexity index is 511. The van der Waals surface area contributed by atoms with Gasteiger partial charge in [0.05, 0.1) is 5.56 Å². The maximum Gasteiger partial charge on any atom is 0.336 e. The van der Waals surface area contributed by atoms with Crippen LogP contribution in [0.15, 0.2) is 12.3 Å². The number of nitrogens with zero attached hydrogens (tertiary/aromatic N) is 2. The summed E-state index contributed by atoms with van der Waals surface area (Å²) in [7, 11) is 0. The summed E-state index contributed by atoms with van der Waals surface area (Å²) in [6, 6.07) is 1.50. The Kier molecular flexibility index (Phi) is 3.83. The average Bonchev–Trinajstić information content (AvgIpc) is 2.36. The average molecular weight is 262 g/mol. The lowest BCUT2D eigenvalue weighted by molar-refractivity contribution is -0.132. The van der Waals surface area contributed by atoms with E-state index in [1.807, 2.05) is 13.8 Å². The molecule has 0 unspecified atom stereocenters. The molecule has 1 amide bonds. The maximum atomic E-state index is 12.1. The minimum atomic E-state index is -0.961. The molecule has 0 radical (unpaired) electrons. The van der Waals surface area contributed by atoms with Gasteiger partial charge in [0.25, 0.3) is 0 Å². The second-order valence-electron chi connectivity index (χ2n) is 5.25. The number of aromatic nitrogens is 1. The van der Waals surface area contributed by atoms with Crippen LogP contribution in [0.25, 0.3) is 0 Å². The number of pyridine rings is 1. The number of fused-ring (bicyclic) bond motifs is 1. The van der Waals surface area contributed by atoms with Crippen LogP contribution in [-0.4, -0.2) is 33.4 Å². The Morgan fingerprint density at radius 1 is 1.47 bits per heavy atom. The number of carbonyl (C=O) groups is 2. The van der Waals surface area contributed by atoms with Gasteiger partial charge in [-0.2, -0.15) is 0 Å². The number of hydrogen-bond acceptors (Lipinski definition) is 3. The molecule has 1 aliphatic rings.